The molecule has 1 aliphatic rings. The summed E-state index contributed by atoms with van der Waals surface area (Å²) in [5.41, 5.74) is 3.24. The van der Waals surface area contributed by atoms with E-state index in [-0.39, 0.29) is 23.6 Å². The Labute approximate surface area is 197 Å². The van der Waals surface area contributed by atoms with Crippen LogP contribution in [0.1, 0.15) is 58.5 Å². The number of carbonyl (C=O) groups is 3. The van der Waals surface area contributed by atoms with E-state index in [2.05, 4.69) is 5.32 Å². The Morgan fingerprint density at radius 1 is 1.00 bits per heavy atom. The molecule has 1 atom stereocenters. The molecule has 0 radical (unpaired) electrons. The van der Waals surface area contributed by atoms with Crippen LogP contribution in [0.2, 0.25) is 0 Å². The van der Waals surface area contributed by atoms with E-state index in [0.29, 0.717) is 44.6 Å². The highest BCUT2D eigenvalue weighted by Crippen LogP contribution is 2.24. The fourth-order valence-electron chi connectivity index (χ4n) is 4.54. The van der Waals surface area contributed by atoms with Crippen molar-refractivity contribution in [1.29, 1.82) is 0 Å². The van der Waals surface area contributed by atoms with Crippen molar-refractivity contribution in [3.8, 4) is 0 Å². The summed E-state index contributed by atoms with van der Waals surface area (Å²) in [6.07, 6.45) is 1.34. The average Bonchev–Trinajstić information content (AvgIpc) is 2.83. The second-order valence-corrected chi connectivity index (χ2v) is 8.78. The van der Waals surface area contributed by atoms with Gasteiger partial charge in [-0.15, -0.1) is 0 Å². The summed E-state index contributed by atoms with van der Waals surface area (Å²) in [5.74, 6) is -0.276. The van der Waals surface area contributed by atoms with E-state index >= 15 is 0 Å². The Balaban J connectivity index is 1.74. The molecule has 3 rings (SSSR count). The quantitative estimate of drug-likeness (QED) is 0.699. The summed E-state index contributed by atoms with van der Waals surface area (Å²) in [5, 5.41) is 3.03. The Morgan fingerprint density at radius 3 is 2.27 bits per heavy atom. The molecule has 176 valence electrons. The lowest BCUT2D eigenvalue weighted by molar-refractivity contribution is -0.134. The number of rotatable bonds is 7. The third-order valence-electron chi connectivity index (χ3n) is 6.58. The number of likely N-dealkylation sites (N-methyl/N-ethyl adjacent to an activating group) is 1. The molecule has 1 aliphatic heterocycles. The summed E-state index contributed by atoms with van der Waals surface area (Å²) >= 11 is 0. The van der Waals surface area contributed by atoms with Crippen molar-refractivity contribution < 1.29 is 14.4 Å². The molecule has 2 aromatic rings. The largest absolute Gasteiger partial charge is 0.341 e. The smallest absolute Gasteiger partial charge is 0.254 e. The first-order valence-corrected chi connectivity index (χ1v) is 11.9. The predicted molar refractivity (Wildman–Crippen MR) is 130 cm³/mol. The fraction of sp³-hybridized carbons (Fsp3) is 0.444. The van der Waals surface area contributed by atoms with Gasteiger partial charge in [-0.3, -0.25) is 14.4 Å². The van der Waals surface area contributed by atoms with Gasteiger partial charge in [-0.1, -0.05) is 35.9 Å². The number of nitrogens with one attached hydrogen (secondary N) is 1. The van der Waals surface area contributed by atoms with Gasteiger partial charge in [-0.25, -0.2) is 0 Å². The minimum atomic E-state index is -0.603. The number of hydrogen-bond donors (Lipinski definition) is 1. The maximum absolute atomic E-state index is 13.4. The molecule has 1 N–H and O–H groups in total. The Bertz CT molecular complexity index is 992. The molecule has 0 bridgehead atoms. The van der Waals surface area contributed by atoms with Gasteiger partial charge >= 0.3 is 0 Å². The van der Waals surface area contributed by atoms with Gasteiger partial charge in [-0.05, 0) is 70.2 Å². The van der Waals surface area contributed by atoms with Crippen LogP contribution in [0.5, 0.6) is 0 Å². The molecular weight excluding hydrogens is 414 g/mol. The highest BCUT2D eigenvalue weighted by molar-refractivity contribution is 5.98. The molecule has 1 fully saturated rings. The molecule has 0 spiro atoms. The highest BCUT2D eigenvalue weighted by Gasteiger charge is 2.36. The maximum Gasteiger partial charge on any atom is 0.254 e. The second-order valence-electron chi connectivity index (χ2n) is 8.78. The first kappa shape index (κ1) is 24.5. The SMILES string of the molecule is CCN(CC)C(=O)[C@@H](NC(=O)c1cccc(C)c1)C1CCN(C(=O)c2ccccc2C)CC1. The molecule has 1 saturated heterocycles. The van der Waals surface area contributed by atoms with Crippen LogP contribution < -0.4 is 5.32 Å². The van der Waals surface area contributed by atoms with Crippen LogP contribution in [0.15, 0.2) is 48.5 Å². The standard InChI is InChI=1S/C27H35N3O3/c1-5-29(6-2)27(33)24(28-25(31)22-12-9-10-19(3)18-22)21-14-16-30(17-15-21)26(32)23-13-8-7-11-20(23)4/h7-13,18,21,24H,5-6,14-17H2,1-4H3,(H,28,31)/t24-/m0/s1. The maximum atomic E-state index is 13.4. The second kappa shape index (κ2) is 11.1. The summed E-state index contributed by atoms with van der Waals surface area (Å²) in [4.78, 5) is 43.0. The van der Waals surface area contributed by atoms with Crippen LogP contribution in [-0.2, 0) is 4.79 Å². The van der Waals surface area contributed by atoms with E-state index in [9.17, 15) is 14.4 Å². The Hall–Kier alpha value is -3.15. The number of amides is 3. The van der Waals surface area contributed by atoms with E-state index in [1.807, 2.05) is 75.1 Å². The zero-order valence-corrected chi connectivity index (χ0v) is 20.1. The van der Waals surface area contributed by atoms with Crippen molar-refractivity contribution in [3.63, 3.8) is 0 Å². The van der Waals surface area contributed by atoms with Crippen LogP contribution >= 0.6 is 0 Å². The molecule has 6 nitrogen and oxygen atoms in total. The van der Waals surface area contributed by atoms with Gasteiger partial charge in [0.25, 0.3) is 11.8 Å². The van der Waals surface area contributed by atoms with Gasteiger partial charge in [0.1, 0.15) is 6.04 Å². The molecule has 0 saturated carbocycles. The van der Waals surface area contributed by atoms with Gasteiger partial charge in [0.15, 0.2) is 0 Å². The lowest BCUT2D eigenvalue weighted by atomic mass is 9.87. The van der Waals surface area contributed by atoms with Crippen molar-refractivity contribution in [2.45, 2.75) is 46.6 Å². The van der Waals surface area contributed by atoms with Crippen molar-refractivity contribution in [1.82, 2.24) is 15.1 Å². The molecule has 2 aromatic carbocycles. The van der Waals surface area contributed by atoms with Gasteiger partial charge in [0.2, 0.25) is 5.91 Å². The predicted octanol–water partition coefficient (Wildman–Crippen LogP) is 3.82. The van der Waals surface area contributed by atoms with Crippen molar-refractivity contribution in [2.75, 3.05) is 26.2 Å². The van der Waals surface area contributed by atoms with Crippen LogP contribution in [0.4, 0.5) is 0 Å². The first-order chi connectivity index (χ1) is 15.8. The van der Waals surface area contributed by atoms with E-state index in [0.717, 1.165) is 16.7 Å². The van der Waals surface area contributed by atoms with E-state index in [4.69, 9.17) is 0 Å². The van der Waals surface area contributed by atoms with Gasteiger partial charge in [0, 0.05) is 37.3 Å². The van der Waals surface area contributed by atoms with Crippen LogP contribution in [0.3, 0.4) is 0 Å². The molecule has 6 heteroatoms. The first-order valence-electron chi connectivity index (χ1n) is 11.9. The monoisotopic (exact) mass is 449 g/mol. The third kappa shape index (κ3) is 5.81. The normalized spacial score (nSPS) is 15.1. The number of carbonyl (C=O) groups excluding carboxylic acids is 3. The molecule has 0 aromatic heterocycles. The molecule has 1 heterocycles. The van der Waals surface area contributed by atoms with Crippen molar-refractivity contribution in [3.05, 3.63) is 70.8 Å². The number of aryl methyl sites for hydroxylation is 2. The van der Waals surface area contributed by atoms with Crippen LogP contribution in [-0.4, -0.2) is 59.7 Å². The van der Waals surface area contributed by atoms with E-state index in [1.165, 1.54) is 0 Å². The fourth-order valence-corrected chi connectivity index (χ4v) is 4.54. The summed E-state index contributed by atoms with van der Waals surface area (Å²) < 4.78 is 0. The van der Waals surface area contributed by atoms with Crippen LogP contribution in [0.25, 0.3) is 0 Å². The van der Waals surface area contributed by atoms with Gasteiger partial charge in [0.05, 0.1) is 0 Å². The summed E-state index contributed by atoms with van der Waals surface area (Å²) in [6.45, 7) is 10.1. The number of piperidine rings is 1. The molecule has 0 unspecified atom stereocenters. The molecular formula is C27H35N3O3. The van der Waals surface area contributed by atoms with E-state index in [1.54, 1.807) is 11.0 Å². The van der Waals surface area contributed by atoms with Gasteiger partial charge in [-0.2, -0.15) is 0 Å². The average molecular weight is 450 g/mol. The van der Waals surface area contributed by atoms with Gasteiger partial charge < -0.3 is 15.1 Å². The number of nitrogens with zero attached hydrogens (tertiary/aromatic N) is 2. The Morgan fingerprint density at radius 2 is 1.67 bits per heavy atom. The lowest BCUT2D eigenvalue weighted by Gasteiger charge is -2.37. The molecule has 33 heavy (non-hydrogen) atoms. The zero-order chi connectivity index (χ0) is 24.0. The molecule has 3 amide bonds. The molecule has 0 aliphatic carbocycles. The van der Waals surface area contributed by atoms with Crippen molar-refractivity contribution >= 4 is 17.7 Å². The number of hydrogen-bond acceptors (Lipinski definition) is 3. The minimum Gasteiger partial charge on any atom is -0.341 e. The topological polar surface area (TPSA) is 69.7 Å². The highest BCUT2D eigenvalue weighted by atomic mass is 16.2. The minimum absolute atomic E-state index is 0.0206. The van der Waals surface area contributed by atoms with Crippen LogP contribution in [0, 0.1) is 19.8 Å². The number of benzene rings is 2. The number of likely N-dealkylation sites (tertiary alicyclic amines) is 1. The summed E-state index contributed by atoms with van der Waals surface area (Å²) in [7, 11) is 0. The zero-order valence-electron chi connectivity index (χ0n) is 20.1. The van der Waals surface area contributed by atoms with Crippen molar-refractivity contribution in [2.24, 2.45) is 5.92 Å². The third-order valence-corrected chi connectivity index (χ3v) is 6.58. The Kier molecular flexibility index (Phi) is 8.26. The summed E-state index contributed by atoms with van der Waals surface area (Å²) in [6, 6.07) is 14.4. The van der Waals surface area contributed by atoms with E-state index < -0.39 is 6.04 Å². The lowest BCUT2D eigenvalue weighted by Crippen LogP contribution is -2.54.